The predicted molar refractivity (Wildman–Crippen MR) is 121 cm³/mol. The molecule has 4 rings (SSSR count). The minimum absolute atomic E-state index is 0.0356. The summed E-state index contributed by atoms with van der Waals surface area (Å²) < 4.78 is 5.71. The van der Waals surface area contributed by atoms with Gasteiger partial charge in [-0.3, -0.25) is 14.5 Å². The first-order valence-corrected chi connectivity index (χ1v) is 11.8. The molecule has 1 unspecified atom stereocenters. The molecule has 2 aromatic heterocycles. The predicted octanol–water partition coefficient (Wildman–Crippen LogP) is -2.17. The average Bonchev–Trinajstić information content (AvgIpc) is 3.24. The molecule has 0 aromatic carbocycles. The summed E-state index contributed by atoms with van der Waals surface area (Å²) in [5.74, 6) is -2.49. The average molecular weight is 505 g/mol. The van der Waals surface area contributed by atoms with Crippen molar-refractivity contribution in [3.63, 3.8) is 0 Å². The van der Waals surface area contributed by atoms with Crippen LogP contribution in [0.5, 0.6) is 0 Å². The SMILES string of the molecule is CCON=C(C(=O)NC1C(=O)N2C(C(=O)[O-])=C(C[n+]3ccc(N)cc3)CS[C@H]12)c1nsc(N)n1. The van der Waals surface area contributed by atoms with Crippen LogP contribution in [0.1, 0.15) is 12.7 Å². The number of nitrogens with one attached hydrogen (secondary N) is 1. The quantitative estimate of drug-likeness (QED) is 0.154. The molecule has 178 valence electrons. The number of carboxylic acids is 1. The van der Waals surface area contributed by atoms with Crippen LogP contribution in [0.2, 0.25) is 0 Å². The number of aliphatic carboxylic acids is 1. The number of carboxylic acid groups (broad SMARTS) is 1. The maximum atomic E-state index is 12.9. The Morgan fingerprint density at radius 3 is 2.74 bits per heavy atom. The van der Waals surface area contributed by atoms with Crippen LogP contribution in [-0.2, 0) is 25.8 Å². The normalized spacial score (nSPS) is 20.0. The number of pyridine rings is 1. The summed E-state index contributed by atoms with van der Waals surface area (Å²) in [5, 5.41) is 17.8. The highest BCUT2D eigenvalue weighted by Gasteiger charge is 2.53. The lowest BCUT2D eigenvalue weighted by Crippen LogP contribution is -2.71. The Labute approximate surface area is 201 Å². The number of nitrogen functional groups attached to an aromatic ring is 2. The number of β-lactam (4-membered cyclic amide) rings is 1. The molecule has 0 radical (unpaired) electrons. The first-order chi connectivity index (χ1) is 16.3. The number of aromatic nitrogens is 3. The monoisotopic (exact) mass is 504 g/mol. The summed E-state index contributed by atoms with van der Waals surface area (Å²) in [4.78, 5) is 47.7. The number of amides is 2. The lowest BCUT2D eigenvalue weighted by atomic mass is 10.0. The van der Waals surface area contributed by atoms with Crippen LogP contribution < -0.4 is 26.5 Å². The van der Waals surface area contributed by atoms with E-state index in [-0.39, 0.29) is 35.5 Å². The Kier molecular flexibility index (Phi) is 6.65. The van der Waals surface area contributed by atoms with Crippen LogP contribution in [0.15, 0.2) is 41.0 Å². The van der Waals surface area contributed by atoms with E-state index >= 15 is 0 Å². The van der Waals surface area contributed by atoms with Gasteiger partial charge in [-0.25, -0.2) is 4.57 Å². The van der Waals surface area contributed by atoms with Gasteiger partial charge in [-0.05, 0) is 6.92 Å². The van der Waals surface area contributed by atoms with Crippen LogP contribution >= 0.6 is 23.3 Å². The fourth-order valence-corrected chi connectivity index (χ4v) is 5.21. The molecule has 2 aliphatic rings. The zero-order valence-electron chi connectivity index (χ0n) is 17.8. The summed E-state index contributed by atoms with van der Waals surface area (Å²) in [7, 11) is 0. The molecule has 2 aromatic rings. The molecule has 2 atom stereocenters. The summed E-state index contributed by atoms with van der Waals surface area (Å²) in [6.07, 6.45) is 3.43. The van der Waals surface area contributed by atoms with Crippen molar-refractivity contribution in [2.75, 3.05) is 23.8 Å². The first kappa shape index (κ1) is 23.4. The van der Waals surface area contributed by atoms with E-state index in [1.165, 1.54) is 11.8 Å². The number of fused-ring (bicyclic) bond motifs is 1. The maximum absolute atomic E-state index is 12.9. The third-order valence-corrected chi connectivity index (χ3v) is 6.85. The lowest BCUT2D eigenvalue weighted by molar-refractivity contribution is -0.689. The van der Waals surface area contributed by atoms with Crippen LogP contribution in [0.25, 0.3) is 0 Å². The highest BCUT2D eigenvalue weighted by atomic mass is 32.2. The van der Waals surface area contributed by atoms with Crippen molar-refractivity contribution in [2.45, 2.75) is 24.9 Å². The second-order valence-electron chi connectivity index (χ2n) is 7.22. The summed E-state index contributed by atoms with van der Waals surface area (Å²) in [5.41, 5.74) is 11.9. The van der Waals surface area contributed by atoms with E-state index < -0.39 is 29.2 Å². The van der Waals surface area contributed by atoms with Gasteiger partial charge in [-0.1, -0.05) is 5.16 Å². The molecule has 5 N–H and O–H groups in total. The smallest absolute Gasteiger partial charge is 0.278 e. The van der Waals surface area contributed by atoms with Gasteiger partial charge in [0.2, 0.25) is 11.5 Å². The van der Waals surface area contributed by atoms with Crippen LogP contribution in [0.3, 0.4) is 0 Å². The van der Waals surface area contributed by atoms with Gasteiger partial charge < -0.3 is 31.5 Å². The largest absolute Gasteiger partial charge is 0.543 e. The Balaban J connectivity index is 1.53. The molecular formula is C19H20N8O5S2. The highest BCUT2D eigenvalue weighted by Crippen LogP contribution is 2.40. The molecular weight excluding hydrogens is 484 g/mol. The van der Waals surface area contributed by atoms with Gasteiger partial charge in [0.05, 0.1) is 11.7 Å². The van der Waals surface area contributed by atoms with E-state index in [1.807, 2.05) is 0 Å². The highest BCUT2D eigenvalue weighted by molar-refractivity contribution is 8.00. The Hall–Kier alpha value is -3.72. The molecule has 1 fully saturated rings. The van der Waals surface area contributed by atoms with Gasteiger partial charge in [-0.15, -0.1) is 11.8 Å². The Morgan fingerprint density at radius 1 is 1.38 bits per heavy atom. The van der Waals surface area contributed by atoms with Gasteiger partial charge in [0.25, 0.3) is 11.8 Å². The molecule has 0 bridgehead atoms. The number of hydrogen-bond acceptors (Lipinski definition) is 12. The van der Waals surface area contributed by atoms with Crippen molar-refractivity contribution in [3.05, 3.63) is 41.6 Å². The van der Waals surface area contributed by atoms with E-state index in [0.29, 0.717) is 17.0 Å². The zero-order valence-corrected chi connectivity index (χ0v) is 19.5. The number of anilines is 2. The lowest BCUT2D eigenvalue weighted by Gasteiger charge is -2.50. The van der Waals surface area contributed by atoms with E-state index in [1.54, 1.807) is 36.0 Å². The van der Waals surface area contributed by atoms with Crippen molar-refractivity contribution in [1.82, 2.24) is 19.6 Å². The number of nitrogens with two attached hydrogens (primary N) is 2. The molecule has 0 aliphatic carbocycles. The number of rotatable bonds is 8. The van der Waals surface area contributed by atoms with Crippen molar-refractivity contribution in [2.24, 2.45) is 5.16 Å². The number of hydrogen-bond donors (Lipinski definition) is 3. The minimum atomic E-state index is -1.46. The van der Waals surface area contributed by atoms with E-state index in [4.69, 9.17) is 16.3 Å². The number of carbonyl (C=O) groups is 3. The van der Waals surface area contributed by atoms with E-state index in [2.05, 4.69) is 19.8 Å². The summed E-state index contributed by atoms with van der Waals surface area (Å²) in [6, 6.07) is 2.40. The standard InChI is InChI=1S/C19H20N8O5S2/c1-2-32-24-11(14-23-19(21)34-25-14)15(28)22-12-16(29)27-13(18(30)31)9(8-33-17(12)27)7-26-5-3-10(20)4-6-26/h3-6,12,17,20H,2,7-8H2,1H3,(H4,21,22,23,25,28,30,31)/t12?,17-/m1/s1. The van der Waals surface area contributed by atoms with Crippen LogP contribution in [-0.4, -0.2) is 61.5 Å². The number of carbonyl (C=O) groups excluding carboxylic acids is 3. The van der Waals surface area contributed by atoms with Gasteiger partial charge in [0, 0.05) is 40.7 Å². The second-order valence-corrected chi connectivity index (χ2v) is 9.11. The maximum Gasteiger partial charge on any atom is 0.278 e. The number of oxime groups is 1. The van der Waals surface area contributed by atoms with Crippen molar-refractivity contribution >= 4 is 57.6 Å². The summed E-state index contributed by atoms with van der Waals surface area (Å²) >= 11 is 2.21. The number of thioether (sulfide) groups is 1. The zero-order chi connectivity index (χ0) is 24.4. The Bertz CT molecular complexity index is 1200. The van der Waals surface area contributed by atoms with Crippen LogP contribution in [0, 0.1) is 0 Å². The molecule has 0 spiro atoms. The summed E-state index contributed by atoms with van der Waals surface area (Å²) in [6.45, 7) is 2.12. The van der Waals surface area contributed by atoms with Crippen molar-refractivity contribution in [1.29, 1.82) is 0 Å². The molecule has 2 aliphatic heterocycles. The van der Waals surface area contributed by atoms with Crippen LogP contribution in [0.4, 0.5) is 10.8 Å². The van der Waals surface area contributed by atoms with Gasteiger partial charge in [-0.2, -0.15) is 9.36 Å². The molecule has 34 heavy (non-hydrogen) atoms. The topological polar surface area (TPSA) is 193 Å². The molecule has 1 saturated heterocycles. The van der Waals surface area contributed by atoms with E-state index in [0.717, 1.165) is 16.4 Å². The third-order valence-electron chi connectivity index (χ3n) is 4.97. The fraction of sp³-hybridized carbons (Fsp3) is 0.316. The number of nitrogens with zero attached hydrogens (tertiary/aromatic N) is 5. The second kappa shape index (κ2) is 9.64. The van der Waals surface area contributed by atoms with Crippen molar-refractivity contribution in [3.8, 4) is 0 Å². The van der Waals surface area contributed by atoms with Gasteiger partial charge in [0.1, 0.15) is 18.0 Å². The molecule has 2 amide bonds. The molecule has 13 nitrogen and oxygen atoms in total. The Morgan fingerprint density at radius 2 is 2.12 bits per heavy atom. The van der Waals surface area contributed by atoms with Crippen molar-refractivity contribution < 1.29 is 28.9 Å². The third kappa shape index (κ3) is 4.51. The molecule has 0 saturated carbocycles. The van der Waals surface area contributed by atoms with E-state index in [9.17, 15) is 19.5 Å². The minimum Gasteiger partial charge on any atom is -0.543 e. The first-order valence-electron chi connectivity index (χ1n) is 10.0. The van der Waals surface area contributed by atoms with Gasteiger partial charge in [0.15, 0.2) is 24.1 Å². The molecule has 4 heterocycles. The fourth-order valence-electron chi connectivity index (χ4n) is 3.44. The molecule has 15 heteroatoms. The van der Waals surface area contributed by atoms with Gasteiger partial charge >= 0.3 is 0 Å².